The summed E-state index contributed by atoms with van der Waals surface area (Å²) in [7, 11) is 0. The van der Waals surface area contributed by atoms with Crippen LogP contribution in [-0.2, 0) is 11.3 Å². The second-order valence-corrected chi connectivity index (χ2v) is 5.53. The van der Waals surface area contributed by atoms with E-state index >= 15 is 0 Å². The molecule has 5 nitrogen and oxygen atoms in total. The summed E-state index contributed by atoms with van der Waals surface area (Å²) in [6.07, 6.45) is 3.58. The molecule has 1 amide bonds. The number of hydrogen-bond donors (Lipinski definition) is 3. The molecule has 1 fully saturated rings. The van der Waals surface area contributed by atoms with Crippen molar-refractivity contribution in [3.8, 4) is 11.5 Å². The number of primary amides is 1. The van der Waals surface area contributed by atoms with Crippen LogP contribution in [0.1, 0.15) is 38.2 Å². The SMILES string of the molecule is CCOc1cccc(CNC2CCC(C(N)=O)CC2)c1O. The second-order valence-electron chi connectivity index (χ2n) is 5.53. The summed E-state index contributed by atoms with van der Waals surface area (Å²) in [4.78, 5) is 11.1. The van der Waals surface area contributed by atoms with Crippen LogP contribution < -0.4 is 15.8 Å². The van der Waals surface area contributed by atoms with Crippen molar-refractivity contribution < 1.29 is 14.6 Å². The minimum absolute atomic E-state index is 0.0257. The quantitative estimate of drug-likeness (QED) is 0.748. The Morgan fingerprint density at radius 3 is 2.71 bits per heavy atom. The maximum Gasteiger partial charge on any atom is 0.220 e. The molecule has 4 N–H and O–H groups in total. The lowest BCUT2D eigenvalue weighted by atomic mass is 9.85. The van der Waals surface area contributed by atoms with E-state index in [4.69, 9.17) is 10.5 Å². The minimum Gasteiger partial charge on any atom is -0.504 e. The van der Waals surface area contributed by atoms with Crippen molar-refractivity contribution in [2.75, 3.05) is 6.61 Å². The molecule has 2 rings (SSSR count). The van der Waals surface area contributed by atoms with Gasteiger partial charge in [-0.05, 0) is 38.7 Å². The number of nitrogens with one attached hydrogen (secondary N) is 1. The minimum atomic E-state index is -0.185. The molecule has 0 heterocycles. The number of rotatable bonds is 6. The van der Waals surface area contributed by atoms with Gasteiger partial charge in [-0.15, -0.1) is 0 Å². The molecule has 0 spiro atoms. The van der Waals surface area contributed by atoms with E-state index in [9.17, 15) is 9.90 Å². The molecule has 0 aromatic heterocycles. The van der Waals surface area contributed by atoms with Crippen LogP contribution in [0.4, 0.5) is 0 Å². The zero-order valence-corrected chi connectivity index (χ0v) is 12.5. The van der Waals surface area contributed by atoms with Gasteiger partial charge in [0.15, 0.2) is 11.5 Å². The lowest BCUT2D eigenvalue weighted by molar-refractivity contribution is -0.122. The molecule has 0 atom stereocenters. The predicted molar refractivity (Wildman–Crippen MR) is 81.1 cm³/mol. The van der Waals surface area contributed by atoms with Gasteiger partial charge in [0.25, 0.3) is 0 Å². The molecule has 116 valence electrons. The van der Waals surface area contributed by atoms with Crippen molar-refractivity contribution in [1.82, 2.24) is 5.32 Å². The van der Waals surface area contributed by atoms with Crippen molar-refractivity contribution in [3.05, 3.63) is 23.8 Å². The monoisotopic (exact) mass is 292 g/mol. The lowest BCUT2D eigenvalue weighted by Crippen LogP contribution is -2.36. The number of hydrogen-bond acceptors (Lipinski definition) is 4. The molecule has 1 aliphatic rings. The highest BCUT2D eigenvalue weighted by atomic mass is 16.5. The smallest absolute Gasteiger partial charge is 0.220 e. The first kappa shape index (κ1) is 15.6. The van der Waals surface area contributed by atoms with E-state index < -0.39 is 0 Å². The van der Waals surface area contributed by atoms with Crippen molar-refractivity contribution in [1.29, 1.82) is 0 Å². The maximum absolute atomic E-state index is 11.1. The van der Waals surface area contributed by atoms with Gasteiger partial charge in [0, 0.05) is 24.1 Å². The Balaban J connectivity index is 1.86. The average molecular weight is 292 g/mol. The van der Waals surface area contributed by atoms with Gasteiger partial charge in [-0.1, -0.05) is 12.1 Å². The van der Waals surface area contributed by atoms with E-state index in [1.165, 1.54) is 0 Å². The molecule has 0 aliphatic heterocycles. The Labute approximate surface area is 125 Å². The molecular formula is C16H24N2O3. The Hall–Kier alpha value is -1.75. The van der Waals surface area contributed by atoms with Gasteiger partial charge in [0.1, 0.15) is 0 Å². The highest BCUT2D eigenvalue weighted by Gasteiger charge is 2.24. The van der Waals surface area contributed by atoms with Gasteiger partial charge < -0.3 is 20.9 Å². The first-order valence-electron chi connectivity index (χ1n) is 7.58. The Morgan fingerprint density at radius 1 is 1.38 bits per heavy atom. The second kappa shape index (κ2) is 7.31. The Kier molecular flexibility index (Phi) is 5.44. The predicted octanol–water partition coefficient (Wildman–Crippen LogP) is 1.92. The largest absolute Gasteiger partial charge is 0.504 e. The molecule has 0 saturated heterocycles. The fourth-order valence-corrected chi connectivity index (χ4v) is 2.82. The number of carbonyl (C=O) groups excluding carboxylic acids is 1. The van der Waals surface area contributed by atoms with Gasteiger partial charge in [-0.3, -0.25) is 4.79 Å². The molecule has 1 aromatic carbocycles. The molecule has 5 heteroatoms. The number of ether oxygens (including phenoxy) is 1. The fourth-order valence-electron chi connectivity index (χ4n) is 2.82. The number of amides is 1. The molecular weight excluding hydrogens is 268 g/mol. The van der Waals surface area contributed by atoms with Crippen molar-refractivity contribution in [2.45, 2.75) is 45.2 Å². The van der Waals surface area contributed by atoms with E-state index in [0.717, 1.165) is 31.2 Å². The van der Waals surface area contributed by atoms with Crippen molar-refractivity contribution >= 4 is 5.91 Å². The summed E-state index contributed by atoms with van der Waals surface area (Å²) in [6, 6.07) is 5.90. The number of benzene rings is 1. The van der Waals surface area contributed by atoms with Gasteiger partial charge in [-0.2, -0.15) is 0 Å². The zero-order valence-electron chi connectivity index (χ0n) is 12.5. The van der Waals surface area contributed by atoms with Crippen molar-refractivity contribution in [2.24, 2.45) is 11.7 Å². The topological polar surface area (TPSA) is 84.6 Å². The van der Waals surface area contributed by atoms with Gasteiger partial charge in [0.2, 0.25) is 5.91 Å². The van der Waals surface area contributed by atoms with E-state index in [2.05, 4.69) is 5.32 Å². The highest BCUT2D eigenvalue weighted by molar-refractivity contribution is 5.76. The number of aromatic hydroxyl groups is 1. The summed E-state index contributed by atoms with van der Waals surface area (Å²) < 4.78 is 5.38. The molecule has 1 aromatic rings. The normalized spacial score (nSPS) is 22.0. The third kappa shape index (κ3) is 4.11. The van der Waals surface area contributed by atoms with Crippen LogP contribution in [0.3, 0.4) is 0 Å². The van der Waals surface area contributed by atoms with Crippen LogP contribution in [-0.4, -0.2) is 23.7 Å². The summed E-state index contributed by atoms with van der Waals surface area (Å²) >= 11 is 0. The number of nitrogens with two attached hydrogens (primary N) is 1. The van der Waals surface area contributed by atoms with Crippen LogP contribution in [0.25, 0.3) is 0 Å². The average Bonchev–Trinajstić information content (AvgIpc) is 2.49. The number of para-hydroxylation sites is 1. The standard InChI is InChI=1S/C16H24N2O3/c1-2-21-14-5-3-4-12(15(14)19)10-18-13-8-6-11(7-9-13)16(17)20/h3-5,11,13,18-19H,2,6-10H2,1H3,(H2,17,20). The molecule has 0 bridgehead atoms. The van der Waals surface area contributed by atoms with Gasteiger partial charge in [-0.25, -0.2) is 0 Å². The third-order valence-corrected chi connectivity index (χ3v) is 4.09. The number of phenols is 1. The first-order valence-corrected chi connectivity index (χ1v) is 7.58. The number of carbonyl (C=O) groups is 1. The molecule has 1 saturated carbocycles. The highest BCUT2D eigenvalue weighted by Crippen LogP contribution is 2.30. The first-order chi connectivity index (χ1) is 10.1. The van der Waals surface area contributed by atoms with Crippen molar-refractivity contribution in [3.63, 3.8) is 0 Å². The van der Waals surface area contributed by atoms with E-state index in [1.807, 2.05) is 19.1 Å². The lowest BCUT2D eigenvalue weighted by Gasteiger charge is -2.27. The van der Waals surface area contributed by atoms with Crippen LogP contribution in [0, 0.1) is 5.92 Å². The fraction of sp³-hybridized carbons (Fsp3) is 0.562. The summed E-state index contributed by atoms with van der Waals surface area (Å²) in [6.45, 7) is 3.02. The van der Waals surface area contributed by atoms with Crippen LogP contribution in [0.5, 0.6) is 11.5 Å². The maximum atomic E-state index is 11.1. The van der Waals surface area contributed by atoms with Crippen LogP contribution in [0.2, 0.25) is 0 Å². The Morgan fingerprint density at radius 2 is 2.10 bits per heavy atom. The summed E-state index contributed by atoms with van der Waals surface area (Å²) in [5, 5.41) is 13.6. The van der Waals surface area contributed by atoms with Crippen LogP contribution >= 0.6 is 0 Å². The molecule has 0 unspecified atom stereocenters. The molecule has 0 radical (unpaired) electrons. The zero-order chi connectivity index (χ0) is 15.2. The summed E-state index contributed by atoms with van der Waals surface area (Å²) in [5.41, 5.74) is 6.17. The number of phenolic OH excluding ortho intramolecular Hbond substituents is 1. The third-order valence-electron chi connectivity index (χ3n) is 4.09. The summed E-state index contributed by atoms with van der Waals surface area (Å²) in [5.74, 6) is 0.570. The van der Waals surface area contributed by atoms with Crippen LogP contribution in [0.15, 0.2) is 18.2 Å². The molecule has 21 heavy (non-hydrogen) atoms. The van der Waals surface area contributed by atoms with Gasteiger partial charge in [0.05, 0.1) is 6.61 Å². The van der Waals surface area contributed by atoms with E-state index in [1.54, 1.807) is 6.07 Å². The van der Waals surface area contributed by atoms with Gasteiger partial charge >= 0.3 is 0 Å². The molecule has 1 aliphatic carbocycles. The van der Waals surface area contributed by atoms with E-state index in [0.29, 0.717) is 24.9 Å². The van der Waals surface area contributed by atoms with E-state index in [-0.39, 0.29) is 17.6 Å². The Bertz CT molecular complexity index is 482.